The molecule has 2 heteroatoms. The van der Waals surface area contributed by atoms with Gasteiger partial charge in [0.15, 0.2) is 0 Å². The van der Waals surface area contributed by atoms with Crippen LogP contribution in [0.15, 0.2) is 114 Å². The Morgan fingerprint density at radius 3 is 2.27 bits per heavy atom. The molecule has 1 N–H and O–H groups in total. The Bertz CT molecular complexity index is 1510. The van der Waals surface area contributed by atoms with E-state index in [1.54, 1.807) is 0 Å². The highest BCUT2D eigenvalue weighted by Gasteiger charge is 2.39. The van der Waals surface area contributed by atoms with Gasteiger partial charge in [0, 0.05) is 18.5 Å². The van der Waals surface area contributed by atoms with E-state index in [-0.39, 0.29) is 5.41 Å². The fourth-order valence-electron chi connectivity index (χ4n) is 6.99. The lowest BCUT2D eigenvalue weighted by molar-refractivity contribution is 0.329. The third-order valence-electron chi connectivity index (χ3n) is 10.1. The Labute approximate surface area is 267 Å². The molecule has 0 saturated heterocycles. The maximum atomic E-state index is 4.69. The quantitative estimate of drug-likeness (QED) is 0.159. The van der Waals surface area contributed by atoms with Crippen LogP contribution in [-0.4, -0.2) is 31.6 Å². The number of allylic oxidation sites excluding steroid dienone is 6. The van der Waals surface area contributed by atoms with Gasteiger partial charge in [-0.2, -0.15) is 0 Å². The minimum Gasteiger partial charge on any atom is -0.316 e. The van der Waals surface area contributed by atoms with Gasteiger partial charge in [-0.3, -0.25) is 0 Å². The van der Waals surface area contributed by atoms with E-state index >= 15 is 0 Å². The highest BCUT2D eigenvalue weighted by atomic mass is 15.1. The van der Waals surface area contributed by atoms with Crippen LogP contribution in [0.2, 0.25) is 0 Å². The predicted molar refractivity (Wildman–Crippen MR) is 189 cm³/mol. The first-order chi connectivity index (χ1) is 21.4. The Hall–Kier alpha value is -3.46. The maximum absolute atomic E-state index is 4.69. The molecule has 0 spiro atoms. The lowest BCUT2D eigenvalue weighted by Gasteiger charge is -2.41. The average Bonchev–Trinajstić information content (AvgIpc) is 3.05. The van der Waals surface area contributed by atoms with Crippen molar-refractivity contribution in [2.24, 2.45) is 0 Å². The predicted octanol–water partition coefficient (Wildman–Crippen LogP) is 9.30. The van der Waals surface area contributed by atoms with E-state index in [2.05, 4.69) is 129 Å². The van der Waals surface area contributed by atoms with E-state index in [0.717, 1.165) is 71.1 Å². The molecular formula is C42H52N2. The molecule has 1 unspecified atom stereocenters. The summed E-state index contributed by atoms with van der Waals surface area (Å²) in [6.45, 7) is 15.5. The molecule has 2 nitrogen and oxygen atoms in total. The third-order valence-corrected chi connectivity index (χ3v) is 10.1. The molecule has 2 aliphatic rings. The van der Waals surface area contributed by atoms with Crippen molar-refractivity contribution in [3.63, 3.8) is 0 Å². The first-order valence-corrected chi connectivity index (χ1v) is 16.7. The van der Waals surface area contributed by atoms with Crippen LogP contribution in [0.4, 0.5) is 0 Å². The van der Waals surface area contributed by atoms with Crippen molar-refractivity contribution in [1.82, 2.24) is 10.2 Å². The second kappa shape index (κ2) is 15.0. The molecule has 0 aromatic heterocycles. The largest absolute Gasteiger partial charge is 0.316 e. The first kappa shape index (κ1) is 31.9. The summed E-state index contributed by atoms with van der Waals surface area (Å²) in [6.07, 6.45) is 17.2. The molecule has 0 fully saturated rings. The number of aryl methyl sites for hydroxylation is 1. The van der Waals surface area contributed by atoms with Crippen LogP contribution >= 0.6 is 0 Å². The Morgan fingerprint density at radius 2 is 1.55 bits per heavy atom. The summed E-state index contributed by atoms with van der Waals surface area (Å²) in [5, 5.41) is 3.65. The van der Waals surface area contributed by atoms with Crippen LogP contribution < -0.4 is 5.32 Å². The highest BCUT2D eigenvalue weighted by molar-refractivity contribution is 5.54. The van der Waals surface area contributed by atoms with E-state index in [0.29, 0.717) is 0 Å². The zero-order valence-corrected chi connectivity index (χ0v) is 27.6. The average molecular weight is 585 g/mol. The maximum Gasteiger partial charge on any atom is 0.0442 e. The number of hydrogen-bond donors (Lipinski definition) is 1. The molecule has 0 saturated carbocycles. The zero-order valence-electron chi connectivity index (χ0n) is 27.6. The molecule has 0 radical (unpaired) electrons. The summed E-state index contributed by atoms with van der Waals surface area (Å²) in [4.78, 5) is 2.46. The normalized spacial score (nSPS) is 18.4. The van der Waals surface area contributed by atoms with Crippen LogP contribution in [0.25, 0.3) is 0 Å². The van der Waals surface area contributed by atoms with Gasteiger partial charge in [-0.25, -0.2) is 0 Å². The second-order valence-corrected chi connectivity index (χ2v) is 13.1. The summed E-state index contributed by atoms with van der Waals surface area (Å²) in [5.74, 6) is 0. The Balaban J connectivity index is 1.07. The smallest absolute Gasteiger partial charge is 0.0442 e. The van der Waals surface area contributed by atoms with Crippen LogP contribution in [0.3, 0.4) is 0 Å². The van der Waals surface area contributed by atoms with Crippen molar-refractivity contribution in [3.8, 4) is 0 Å². The van der Waals surface area contributed by atoms with E-state index in [9.17, 15) is 0 Å². The molecule has 0 aliphatic heterocycles. The van der Waals surface area contributed by atoms with Gasteiger partial charge in [-0.15, -0.1) is 0 Å². The number of hydrogen-bond acceptors (Lipinski definition) is 2. The lowest BCUT2D eigenvalue weighted by Crippen LogP contribution is -2.33. The molecule has 3 aromatic carbocycles. The Kier molecular flexibility index (Phi) is 10.9. The molecule has 3 aromatic rings. The SMILES string of the molecule is C=C1CC(CCN(C)Cc2ccc(CCNCCc3ccc(C)c(C)c3C)cc2)=CCC1(C1=CCCC=C1)c1ccccc1. The van der Waals surface area contributed by atoms with Gasteiger partial charge in [0.1, 0.15) is 0 Å². The third kappa shape index (κ3) is 7.60. The number of nitrogens with zero attached hydrogens (tertiary/aromatic N) is 1. The summed E-state index contributed by atoms with van der Waals surface area (Å²) >= 11 is 0. The molecule has 0 amide bonds. The van der Waals surface area contributed by atoms with E-state index in [4.69, 9.17) is 6.58 Å². The zero-order chi connectivity index (χ0) is 30.9. The van der Waals surface area contributed by atoms with Gasteiger partial charge >= 0.3 is 0 Å². The van der Waals surface area contributed by atoms with Crippen molar-refractivity contribution in [1.29, 1.82) is 0 Å². The Morgan fingerprint density at radius 1 is 0.795 bits per heavy atom. The molecule has 1 atom stereocenters. The van der Waals surface area contributed by atoms with Crippen molar-refractivity contribution in [2.45, 2.75) is 77.7 Å². The standard InChI is InChI=1S/C42H52N2/c1-32-16-21-39(35(4)34(32)3)24-28-43-27-23-36-17-19-38(20-18-36)31-44(5)29-25-37-22-26-42(33(2)30-37,40-12-8-6-9-13-40)41-14-10-7-11-15-41/h6,8-10,12-22,43H,2,7,11,23-31H2,1,3-5H3. The summed E-state index contributed by atoms with van der Waals surface area (Å²) < 4.78 is 0. The molecule has 2 aliphatic carbocycles. The highest BCUT2D eigenvalue weighted by Crippen LogP contribution is 2.49. The van der Waals surface area contributed by atoms with Gasteiger partial charge in [-0.1, -0.05) is 109 Å². The van der Waals surface area contributed by atoms with Gasteiger partial charge < -0.3 is 10.2 Å². The topological polar surface area (TPSA) is 15.3 Å². The molecule has 0 heterocycles. The van der Waals surface area contributed by atoms with E-state index in [1.807, 2.05) is 0 Å². The molecule has 230 valence electrons. The number of benzene rings is 3. The second-order valence-electron chi connectivity index (χ2n) is 13.1. The minimum absolute atomic E-state index is 0.0931. The van der Waals surface area contributed by atoms with Crippen LogP contribution in [0, 0.1) is 20.8 Å². The molecule has 5 rings (SSSR count). The van der Waals surface area contributed by atoms with Crippen molar-refractivity contribution in [3.05, 3.63) is 153 Å². The fourth-order valence-corrected chi connectivity index (χ4v) is 6.99. The summed E-state index contributed by atoms with van der Waals surface area (Å²) in [6, 6.07) is 24.8. The summed E-state index contributed by atoms with van der Waals surface area (Å²) in [5.41, 5.74) is 14.1. The van der Waals surface area contributed by atoms with Gasteiger partial charge in [0.2, 0.25) is 0 Å². The van der Waals surface area contributed by atoms with Crippen molar-refractivity contribution in [2.75, 3.05) is 26.7 Å². The van der Waals surface area contributed by atoms with Crippen LogP contribution in [0.5, 0.6) is 0 Å². The molecule has 44 heavy (non-hydrogen) atoms. The lowest BCUT2D eigenvalue weighted by atomic mass is 9.62. The molecule has 0 bridgehead atoms. The summed E-state index contributed by atoms with van der Waals surface area (Å²) in [7, 11) is 2.25. The van der Waals surface area contributed by atoms with Gasteiger partial charge in [-0.05, 0) is 130 Å². The van der Waals surface area contributed by atoms with Crippen LogP contribution in [-0.2, 0) is 24.8 Å². The first-order valence-electron chi connectivity index (χ1n) is 16.7. The van der Waals surface area contributed by atoms with E-state index in [1.165, 1.54) is 55.7 Å². The monoisotopic (exact) mass is 584 g/mol. The fraction of sp³-hybridized carbons (Fsp3) is 0.381. The number of nitrogens with one attached hydrogen (secondary N) is 1. The number of rotatable bonds is 13. The van der Waals surface area contributed by atoms with Crippen molar-refractivity contribution >= 4 is 0 Å². The van der Waals surface area contributed by atoms with E-state index < -0.39 is 0 Å². The van der Waals surface area contributed by atoms with Gasteiger partial charge in [0.05, 0.1) is 0 Å². The minimum atomic E-state index is -0.0931. The van der Waals surface area contributed by atoms with Gasteiger partial charge in [0.25, 0.3) is 0 Å². The van der Waals surface area contributed by atoms with Crippen LogP contribution in [0.1, 0.15) is 71.0 Å². The molecular weight excluding hydrogens is 532 g/mol. The van der Waals surface area contributed by atoms with Crippen molar-refractivity contribution < 1.29 is 0 Å².